The number of nitrogens with one attached hydrogen (secondary N) is 3. The third kappa shape index (κ3) is 5.48. The maximum Gasteiger partial charge on any atom is 0.267 e. The van der Waals surface area contributed by atoms with E-state index in [1.807, 2.05) is 44.2 Å². The Kier molecular flexibility index (Phi) is 6.83. The summed E-state index contributed by atoms with van der Waals surface area (Å²) >= 11 is 0. The molecule has 3 rings (SSSR count). The van der Waals surface area contributed by atoms with Crippen LogP contribution < -0.4 is 27.7 Å². The zero-order chi connectivity index (χ0) is 23.3. The van der Waals surface area contributed by atoms with Crippen LogP contribution in [-0.4, -0.2) is 32.8 Å². The molecule has 166 valence electrons. The molecule has 1 atom stereocenters. The predicted molar refractivity (Wildman–Crippen MR) is 122 cm³/mol. The highest BCUT2D eigenvalue weighted by atomic mass is 16.2. The van der Waals surface area contributed by atoms with Gasteiger partial charge in [-0.1, -0.05) is 26.0 Å². The Hall–Kier alpha value is -4.21. The first-order valence-electron chi connectivity index (χ1n) is 10.0. The van der Waals surface area contributed by atoms with E-state index in [0.717, 1.165) is 11.1 Å². The summed E-state index contributed by atoms with van der Waals surface area (Å²) in [6.07, 6.45) is 3.81. The molecule has 0 unspecified atom stereocenters. The van der Waals surface area contributed by atoms with Gasteiger partial charge in [0.25, 0.3) is 11.5 Å². The summed E-state index contributed by atoms with van der Waals surface area (Å²) in [7, 11) is 0. The standard InChI is InChI=1S/C22H25N7O3/c1-12(2)10-16(18(23)30)27-22-28-20(17(19(24)31)21(32)29-22)26-15-5-3-4-14(11-15)13-6-8-25-9-7-13/h3-9,11-12,16H,10H2,1-2H3,(H2,23,30)(H2,24,31)(H3,26,27,28,29,32)/t16-/m1/s1. The summed E-state index contributed by atoms with van der Waals surface area (Å²) in [5, 5.41) is 5.82. The smallest absolute Gasteiger partial charge is 0.267 e. The molecule has 2 heterocycles. The van der Waals surface area contributed by atoms with Gasteiger partial charge in [-0.2, -0.15) is 4.98 Å². The first kappa shape index (κ1) is 22.5. The van der Waals surface area contributed by atoms with Crippen LogP contribution >= 0.6 is 0 Å². The van der Waals surface area contributed by atoms with E-state index >= 15 is 0 Å². The normalized spacial score (nSPS) is 11.7. The Morgan fingerprint density at radius 1 is 1.09 bits per heavy atom. The molecule has 0 spiro atoms. The van der Waals surface area contributed by atoms with Crippen LogP contribution in [0.4, 0.5) is 17.5 Å². The number of nitrogens with two attached hydrogens (primary N) is 2. The lowest BCUT2D eigenvalue weighted by atomic mass is 10.0. The van der Waals surface area contributed by atoms with Gasteiger partial charge in [-0.15, -0.1) is 0 Å². The zero-order valence-electron chi connectivity index (χ0n) is 17.8. The zero-order valence-corrected chi connectivity index (χ0v) is 17.8. The van der Waals surface area contributed by atoms with Gasteiger partial charge in [-0.05, 0) is 47.7 Å². The van der Waals surface area contributed by atoms with Crippen LogP contribution in [0.5, 0.6) is 0 Å². The van der Waals surface area contributed by atoms with Crippen LogP contribution in [0.15, 0.2) is 53.6 Å². The highest BCUT2D eigenvalue weighted by molar-refractivity contribution is 5.98. The topological polar surface area (TPSA) is 169 Å². The van der Waals surface area contributed by atoms with Crippen molar-refractivity contribution in [2.24, 2.45) is 17.4 Å². The Morgan fingerprint density at radius 2 is 1.81 bits per heavy atom. The van der Waals surface area contributed by atoms with E-state index in [2.05, 4.69) is 25.6 Å². The second-order valence-electron chi connectivity index (χ2n) is 7.67. The van der Waals surface area contributed by atoms with E-state index in [9.17, 15) is 14.4 Å². The number of H-pyrrole nitrogens is 1. The van der Waals surface area contributed by atoms with Crippen molar-refractivity contribution >= 4 is 29.3 Å². The molecule has 10 heteroatoms. The minimum Gasteiger partial charge on any atom is -0.368 e. The third-order valence-corrected chi connectivity index (χ3v) is 4.67. The number of anilines is 3. The average Bonchev–Trinajstić information content (AvgIpc) is 2.73. The number of benzene rings is 1. The summed E-state index contributed by atoms with van der Waals surface area (Å²) in [6, 6.07) is 10.3. The van der Waals surface area contributed by atoms with Gasteiger partial charge in [-0.25, -0.2) is 0 Å². The van der Waals surface area contributed by atoms with Crippen LogP contribution in [0.1, 0.15) is 30.6 Å². The highest BCUT2D eigenvalue weighted by Gasteiger charge is 2.21. The molecule has 0 aliphatic carbocycles. The average molecular weight is 435 g/mol. The minimum absolute atomic E-state index is 0.00256. The Balaban J connectivity index is 1.97. The SMILES string of the molecule is CC(C)C[C@@H](Nc1nc(Nc2cccc(-c3ccncc3)c2)c(C(N)=O)c(=O)[nH]1)C(N)=O. The molecule has 0 bridgehead atoms. The summed E-state index contributed by atoms with van der Waals surface area (Å²) < 4.78 is 0. The number of hydrogen-bond acceptors (Lipinski definition) is 7. The number of pyridine rings is 1. The first-order valence-corrected chi connectivity index (χ1v) is 10.0. The van der Waals surface area contributed by atoms with E-state index in [1.165, 1.54) is 0 Å². The largest absolute Gasteiger partial charge is 0.368 e. The number of aromatic nitrogens is 3. The minimum atomic E-state index is -0.938. The van der Waals surface area contributed by atoms with E-state index < -0.39 is 23.4 Å². The van der Waals surface area contributed by atoms with Gasteiger partial charge in [0.2, 0.25) is 11.9 Å². The van der Waals surface area contributed by atoms with E-state index in [1.54, 1.807) is 18.5 Å². The summed E-state index contributed by atoms with van der Waals surface area (Å²) in [5.41, 5.74) is 12.2. The van der Waals surface area contributed by atoms with Gasteiger partial charge in [0.15, 0.2) is 5.82 Å². The summed E-state index contributed by atoms with van der Waals surface area (Å²) in [5.74, 6) is -1.39. The Bertz CT molecular complexity index is 1180. The van der Waals surface area contributed by atoms with Crippen molar-refractivity contribution in [2.45, 2.75) is 26.3 Å². The van der Waals surface area contributed by atoms with Gasteiger partial charge in [0, 0.05) is 18.1 Å². The van der Waals surface area contributed by atoms with Crippen molar-refractivity contribution in [3.05, 3.63) is 64.7 Å². The molecule has 3 aromatic rings. The second-order valence-corrected chi connectivity index (χ2v) is 7.67. The maximum absolute atomic E-state index is 12.6. The molecule has 32 heavy (non-hydrogen) atoms. The van der Waals surface area contributed by atoms with Crippen LogP contribution in [0.3, 0.4) is 0 Å². The van der Waals surface area contributed by atoms with E-state index in [4.69, 9.17) is 11.5 Å². The Morgan fingerprint density at radius 3 is 2.44 bits per heavy atom. The quantitative estimate of drug-likeness (QED) is 0.342. The van der Waals surface area contributed by atoms with Crippen molar-refractivity contribution in [3.63, 3.8) is 0 Å². The lowest BCUT2D eigenvalue weighted by molar-refractivity contribution is -0.119. The molecule has 2 amide bonds. The number of rotatable bonds is 9. The van der Waals surface area contributed by atoms with Crippen molar-refractivity contribution in [2.75, 3.05) is 10.6 Å². The number of aromatic amines is 1. The molecule has 0 fully saturated rings. The summed E-state index contributed by atoms with van der Waals surface area (Å²) in [4.78, 5) is 47.0. The lowest BCUT2D eigenvalue weighted by Gasteiger charge is -2.18. The molecule has 1 aromatic carbocycles. The van der Waals surface area contributed by atoms with Crippen LogP contribution in [0.2, 0.25) is 0 Å². The highest BCUT2D eigenvalue weighted by Crippen LogP contribution is 2.25. The molecule has 0 saturated heterocycles. The number of carbonyl (C=O) groups is 2. The summed E-state index contributed by atoms with van der Waals surface area (Å²) in [6.45, 7) is 3.87. The molecular formula is C22H25N7O3. The van der Waals surface area contributed by atoms with Crippen LogP contribution in [0, 0.1) is 5.92 Å². The maximum atomic E-state index is 12.6. The fraction of sp³-hybridized carbons (Fsp3) is 0.227. The van der Waals surface area contributed by atoms with Crippen molar-refractivity contribution in [3.8, 4) is 11.1 Å². The van der Waals surface area contributed by atoms with Gasteiger partial charge in [-0.3, -0.25) is 24.4 Å². The molecule has 10 nitrogen and oxygen atoms in total. The number of nitrogens with zero attached hydrogens (tertiary/aromatic N) is 2. The van der Waals surface area contributed by atoms with Gasteiger partial charge in [0.05, 0.1) is 0 Å². The fourth-order valence-corrected chi connectivity index (χ4v) is 3.20. The van der Waals surface area contributed by atoms with Gasteiger partial charge < -0.3 is 22.1 Å². The van der Waals surface area contributed by atoms with Gasteiger partial charge >= 0.3 is 0 Å². The van der Waals surface area contributed by atoms with E-state index in [-0.39, 0.29) is 23.2 Å². The van der Waals surface area contributed by atoms with Crippen molar-refractivity contribution in [1.29, 1.82) is 0 Å². The molecule has 2 aromatic heterocycles. The molecule has 0 radical (unpaired) electrons. The van der Waals surface area contributed by atoms with E-state index in [0.29, 0.717) is 12.1 Å². The monoisotopic (exact) mass is 435 g/mol. The number of amides is 2. The van der Waals surface area contributed by atoms with Crippen molar-refractivity contribution in [1.82, 2.24) is 15.0 Å². The lowest BCUT2D eigenvalue weighted by Crippen LogP contribution is -2.38. The van der Waals surface area contributed by atoms with Crippen LogP contribution in [-0.2, 0) is 4.79 Å². The second kappa shape index (κ2) is 9.73. The number of carbonyl (C=O) groups excluding carboxylic acids is 2. The van der Waals surface area contributed by atoms with Crippen molar-refractivity contribution < 1.29 is 9.59 Å². The molecule has 0 saturated carbocycles. The number of hydrogen-bond donors (Lipinski definition) is 5. The predicted octanol–water partition coefficient (Wildman–Crippen LogP) is 1.99. The molecular weight excluding hydrogens is 410 g/mol. The Labute approximate surface area is 184 Å². The fourth-order valence-electron chi connectivity index (χ4n) is 3.20. The molecule has 0 aliphatic heterocycles. The first-order chi connectivity index (χ1) is 15.2. The third-order valence-electron chi connectivity index (χ3n) is 4.67. The van der Waals surface area contributed by atoms with Gasteiger partial charge in [0.1, 0.15) is 11.6 Å². The van der Waals surface area contributed by atoms with Crippen LogP contribution in [0.25, 0.3) is 11.1 Å². The molecule has 7 N–H and O–H groups in total. The molecule has 0 aliphatic rings. The number of primary amides is 2.